The van der Waals surface area contributed by atoms with E-state index in [1.165, 1.54) is 0 Å². The number of hydrazine groups is 1. The molecule has 30 heavy (non-hydrogen) atoms. The quantitative estimate of drug-likeness (QED) is 0.497. The number of likely N-dealkylation sites (tertiary alicyclic amines) is 1. The zero-order valence-electron chi connectivity index (χ0n) is 16.9. The highest BCUT2D eigenvalue weighted by Gasteiger charge is 2.33. The molecule has 1 amide bonds. The average molecular weight is 442 g/mol. The predicted octanol–water partition coefficient (Wildman–Crippen LogP) is 5.72. The summed E-state index contributed by atoms with van der Waals surface area (Å²) in [5, 5.41) is 3.31. The number of benzene rings is 3. The van der Waals surface area contributed by atoms with E-state index in [1.54, 1.807) is 18.2 Å². The summed E-state index contributed by atoms with van der Waals surface area (Å²) in [7, 11) is 2.13. The molecule has 0 spiro atoms. The van der Waals surface area contributed by atoms with Crippen LogP contribution in [0.1, 0.15) is 24.3 Å². The van der Waals surface area contributed by atoms with E-state index in [1.807, 2.05) is 18.2 Å². The highest BCUT2D eigenvalue weighted by Crippen LogP contribution is 2.36. The average Bonchev–Trinajstić information content (AvgIpc) is 2.73. The minimum Gasteiger partial charge on any atom is -0.306 e. The van der Waals surface area contributed by atoms with E-state index >= 15 is 0 Å². The van der Waals surface area contributed by atoms with Crippen molar-refractivity contribution in [1.82, 2.24) is 10.3 Å². The van der Waals surface area contributed by atoms with Gasteiger partial charge in [0.05, 0.1) is 11.6 Å². The molecule has 1 unspecified atom stereocenters. The van der Waals surface area contributed by atoms with Crippen molar-refractivity contribution in [3.8, 4) is 0 Å². The fraction of sp³-hybridized carbons (Fsp3) is 0.292. The summed E-state index contributed by atoms with van der Waals surface area (Å²) in [6, 6.07) is 19.6. The molecule has 6 heteroatoms. The van der Waals surface area contributed by atoms with Crippen molar-refractivity contribution in [1.29, 1.82) is 0 Å². The molecule has 3 aromatic carbocycles. The van der Waals surface area contributed by atoms with Gasteiger partial charge in [0.1, 0.15) is 0 Å². The number of hydrogen-bond acceptors (Lipinski definition) is 3. The third kappa shape index (κ3) is 4.72. The molecule has 0 aliphatic carbocycles. The topological polar surface area (TPSA) is 44.4 Å². The third-order valence-corrected chi connectivity index (χ3v) is 6.30. The summed E-state index contributed by atoms with van der Waals surface area (Å²) in [6.45, 7) is 1.99. The highest BCUT2D eigenvalue weighted by atomic mass is 35.5. The summed E-state index contributed by atoms with van der Waals surface area (Å²) in [4.78, 5) is 15.8. The Kier molecular flexibility index (Phi) is 6.47. The number of amides is 1. The number of carbonyl (C=O) groups excluding carboxylic acids is 1. The molecule has 4 nitrogen and oxygen atoms in total. The van der Waals surface area contributed by atoms with Crippen molar-refractivity contribution in [3.05, 3.63) is 76.3 Å². The van der Waals surface area contributed by atoms with Crippen LogP contribution in [-0.4, -0.2) is 30.9 Å². The fourth-order valence-electron chi connectivity index (χ4n) is 4.33. The van der Waals surface area contributed by atoms with Crippen molar-refractivity contribution in [3.63, 3.8) is 0 Å². The van der Waals surface area contributed by atoms with E-state index in [0.29, 0.717) is 15.7 Å². The second-order valence-corrected chi connectivity index (χ2v) is 8.83. The van der Waals surface area contributed by atoms with Gasteiger partial charge in [0.2, 0.25) is 5.91 Å². The van der Waals surface area contributed by atoms with E-state index < -0.39 is 0 Å². The summed E-state index contributed by atoms with van der Waals surface area (Å²) in [6.07, 6.45) is 1.97. The van der Waals surface area contributed by atoms with E-state index in [-0.39, 0.29) is 17.7 Å². The second kappa shape index (κ2) is 9.25. The number of piperidine rings is 1. The van der Waals surface area contributed by atoms with E-state index in [9.17, 15) is 4.79 Å². The van der Waals surface area contributed by atoms with E-state index in [4.69, 9.17) is 23.2 Å². The van der Waals surface area contributed by atoms with Gasteiger partial charge < -0.3 is 4.90 Å². The van der Waals surface area contributed by atoms with Crippen LogP contribution < -0.4 is 10.9 Å². The number of halogens is 2. The lowest BCUT2D eigenvalue weighted by atomic mass is 9.78. The predicted molar refractivity (Wildman–Crippen MR) is 125 cm³/mol. The highest BCUT2D eigenvalue weighted by molar-refractivity contribution is 6.35. The molecule has 156 valence electrons. The Morgan fingerprint density at radius 1 is 1.00 bits per heavy atom. The van der Waals surface area contributed by atoms with Crippen molar-refractivity contribution in [2.24, 2.45) is 5.92 Å². The molecule has 1 aliphatic heterocycles. The molecule has 4 rings (SSSR count). The minimum atomic E-state index is -0.244. The van der Waals surface area contributed by atoms with Gasteiger partial charge in [-0.3, -0.25) is 15.6 Å². The van der Waals surface area contributed by atoms with Crippen LogP contribution in [0, 0.1) is 5.92 Å². The zero-order valence-corrected chi connectivity index (χ0v) is 18.4. The molecule has 3 aromatic rings. The number of rotatable bonds is 5. The van der Waals surface area contributed by atoms with Gasteiger partial charge in [-0.2, -0.15) is 0 Å². The van der Waals surface area contributed by atoms with E-state index in [0.717, 1.165) is 42.3 Å². The van der Waals surface area contributed by atoms with Gasteiger partial charge in [0.15, 0.2) is 0 Å². The van der Waals surface area contributed by atoms with Gasteiger partial charge >= 0.3 is 0 Å². The molecule has 1 heterocycles. The smallest absolute Gasteiger partial charge is 0.246 e. The first kappa shape index (κ1) is 21.0. The molecule has 1 fully saturated rings. The molecular weight excluding hydrogens is 417 g/mol. The lowest BCUT2D eigenvalue weighted by Crippen LogP contribution is -2.41. The number of nitrogens with zero attached hydrogens (tertiary/aromatic N) is 1. The van der Waals surface area contributed by atoms with Crippen molar-refractivity contribution < 1.29 is 4.79 Å². The Morgan fingerprint density at radius 2 is 1.67 bits per heavy atom. The first-order valence-electron chi connectivity index (χ1n) is 10.2. The second-order valence-electron chi connectivity index (χ2n) is 7.96. The van der Waals surface area contributed by atoms with Gasteiger partial charge in [0, 0.05) is 10.0 Å². The third-order valence-electron chi connectivity index (χ3n) is 5.87. The monoisotopic (exact) mass is 441 g/mol. The number of carbonyl (C=O) groups is 1. The standard InChI is InChI=1S/C24H25Cl2N3O/c1-29-11-9-17(10-12-29)23(22-8-4-6-16-5-2-3-7-21(16)22)24(30)28-27-20-14-18(25)13-19(26)15-20/h2-8,13-15,17,23,27H,9-12H2,1H3,(H,28,30). The van der Waals surface area contributed by atoms with Crippen molar-refractivity contribution in [2.75, 3.05) is 25.6 Å². The Bertz CT molecular complexity index is 1020. The molecule has 0 saturated carbocycles. The van der Waals surface area contributed by atoms with Gasteiger partial charge in [-0.05, 0) is 73.4 Å². The van der Waals surface area contributed by atoms with Gasteiger partial charge in [0.25, 0.3) is 0 Å². The van der Waals surface area contributed by atoms with Crippen LogP contribution in [0.25, 0.3) is 10.8 Å². The molecule has 0 bridgehead atoms. The maximum absolute atomic E-state index is 13.5. The van der Waals surface area contributed by atoms with Crippen LogP contribution in [0.2, 0.25) is 10.0 Å². The Labute approximate surface area is 187 Å². The Morgan fingerprint density at radius 3 is 2.40 bits per heavy atom. The Balaban J connectivity index is 1.63. The number of anilines is 1. The lowest BCUT2D eigenvalue weighted by molar-refractivity contribution is -0.123. The summed E-state index contributed by atoms with van der Waals surface area (Å²) < 4.78 is 0. The molecule has 0 aromatic heterocycles. The number of fused-ring (bicyclic) bond motifs is 1. The SMILES string of the molecule is CN1CCC(C(C(=O)NNc2cc(Cl)cc(Cl)c2)c2cccc3ccccc23)CC1. The molecule has 1 atom stereocenters. The normalized spacial score (nSPS) is 16.4. The summed E-state index contributed by atoms with van der Waals surface area (Å²) in [5.41, 5.74) is 7.63. The molecule has 2 N–H and O–H groups in total. The molecule has 1 aliphatic rings. The summed E-state index contributed by atoms with van der Waals surface area (Å²) in [5.74, 6) is -0.0132. The van der Waals surface area contributed by atoms with Gasteiger partial charge in [-0.1, -0.05) is 65.7 Å². The van der Waals surface area contributed by atoms with Crippen LogP contribution in [0.3, 0.4) is 0 Å². The maximum atomic E-state index is 13.5. The molecule has 0 radical (unpaired) electrons. The molecular formula is C24H25Cl2N3O. The van der Waals surface area contributed by atoms with Crippen LogP contribution in [0.4, 0.5) is 5.69 Å². The van der Waals surface area contributed by atoms with Crippen LogP contribution in [0.5, 0.6) is 0 Å². The minimum absolute atomic E-state index is 0.0444. The Hall–Kier alpha value is -2.27. The first-order chi connectivity index (χ1) is 14.5. The first-order valence-corrected chi connectivity index (χ1v) is 10.9. The largest absolute Gasteiger partial charge is 0.306 e. The number of hydrogen-bond donors (Lipinski definition) is 2. The summed E-state index contributed by atoms with van der Waals surface area (Å²) >= 11 is 12.2. The maximum Gasteiger partial charge on any atom is 0.246 e. The molecule has 1 saturated heterocycles. The van der Waals surface area contributed by atoms with Crippen LogP contribution in [-0.2, 0) is 4.79 Å². The van der Waals surface area contributed by atoms with E-state index in [2.05, 4.69) is 47.1 Å². The van der Waals surface area contributed by atoms with Gasteiger partial charge in [-0.15, -0.1) is 0 Å². The fourth-order valence-corrected chi connectivity index (χ4v) is 4.86. The lowest BCUT2D eigenvalue weighted by Gasteiger charge is -2.34. The van der Waals surface area contributed by atoms with Gasteiger partial charge in [-0.25, -0.2) is 0 Å². The van der Waals surface area contributed by atoms with Crippen LogP contribution in [0.15, 0.2) is 60.7 Å². The number of nitrogens with one attached hydrogen (secondary N) is 2. The van der Waals surface area contributed by atoms with Crippen molar-refractivity contribution >= 4 is 45.6 Å². The van der Waals surface area contributed by atoms with Crippen molar-refractivity contribution in [2.45, 2.75) is 18.8 Å². The zero-order chi connectivity index (χ0) is 21.1. The van der Waals surface area contributed by atoms with Crippen LogP contribution >= 0.6 is 23.2 Å².